The first-order valence-corrected chi connectivity index (χ1v) is 8.43. The van der Waals surface area contributed by atoms with Crippen LogP contribution in [-0.2, 0) is 30.6 Å². The van der Waals surface area contributed by atoms with E-state index in [0.29, 0.717) is 16.7 Å². The summed E-state index contributed by atoms with van der Waals surface area (Å²) < 4.78 is 78.6. The van der Waals surface area contributed by atoms with Gasteiger partial charge in [-0.2, -0.15) is 26.3 Å². The Morgan fingerprint density at radius 3 is 2.00 bits per heavy atom. The molecule has 10 heteroatoms. The van der Waals surface area contributed by atoms with E-state index in [9.17, 15) is 31.1 Å². The van der Waals surface area contributed by atoms with Crippen LogP contribution in [0.4, 0.5) is 31.1 Å². The minimum atomic E-state index is -4.46. The van der Waals surface area contributed by atoms with Crippen molar-refractivity contribution in [3.8, 4) is 0 Å². The fourth-order valence-corrected chi connectivity index (χ4v) is 2.32. The molecule has 0 spiro atoms. The molecule has 4 nitrogen and oxygen atoms in total. The van der Waals surface area contributed by atoms with Crippen LogP contribution in [-0.4, -0.2) is 18.8 Å². The fourth-order valence-electron chi connectivity index (χ4n) is 2.32. The average molecular weight is 420 g/mol. The molecule has 0 bridgehead atoms. The highest BCUT2D eigenvalue weighted by atomic mass is 19.4. The number of hydrogen-bond donors (Lipinski definition) is 2. The van der Waals surface area contributed by atoms with E-state index in [4.69, 9.17) is 0 Å². The van der Waals surface area contributed by atoms with Crippen LogP contribution in [0.25, 0.3) is 0 Å². The van der Waals surface area contributed by atoms with Gasteiger partial charge in [-0.15, -0.1) is 0 Å². The predicted molar refractivity (Wildman–Crippen MR) is 92.7 cm³/mol. The molecule has 0 saturated heterocycles. The summed E-state index contributed by atoms with van der Waals surface area (Å²) in [6.45, 7) is -1.46. The summed E-state index contributed by atoms with van der Waals surface area (Å²) in [6.07, 6.45) is -8.84. The lowest BCUT2D eigenvalue weighted by molar-refractivity contribution is -0.176. The molecule has 0 aromatic heterocycles. The van der Waals surface area contributed by atoms with Crippen molar-refractivity contribution in [3.63, 3.8) is 0 Å². The molecule has 2 amide bonds. The maximum absolute atomic E-state index is 12.7. The number of ether oxygens (including phenoxy) is 1. The number of halogens is 6. The molecule has 2 rings (SSSR count). The van der Waals surface area contributed by atoms with E-state index in [2.05, 4.69) is 15.4 Å². The second-order valence-corrected chi connectivity index (χ2v) is 6.16. The SMILES string of the molecule is O=C(NCc1ccc(COCC(F)(F)F)cc1)NCc1cccc(C(F)(F)F)c1. The molecule has 0 atom stereocenters. The Morgan fingerprint density at radius 2 is 1.41 bits per heavy atom. The maximum Gasteiger partial charge on any atom is 0.416 e. The standard InChI is InChI=1S/C19H18F6N2O2/c20-18(21,22)12-29-11-14-6-4-13(5-7-14)9-26-17(28)27-10-15-2-1-3-16(8-15)19(23,24)25/h1-8H,9-12H2,(H2,26,27,28). The molecule has 2 N–H and O–H groups in total. The first-order chi connectivity index (χ1) is 13.5. The Hall–Kier alpha value is -2.75. The highest BCUT2D eigenvalue weighted by molar-refractivity contribution is 5.73. The minimum absolute atomic E-state index is 0.0781. The van der Waals surface area contributed by atoms with E-state index in [-0.39, 0.29) is 19.7 Å². The van der Waals surface area contributed by atoms with Gasteiger partial charge >= 0.3 is 18.4 Å². The van der Waals surface area contributed by atoms with Gasteiger partial charge in [-0.3, -0.25) is 0 Å². The van der Waals surface area contributed by atoms with E-state index in [1.54, 1.807) is 24.3 Å². The molecule has 0 heterocycles. The molecule has 2 aromatic carbocycles. The van der Waals surface area contributed by atoms with E-state index in [0.717, 1.165) is 12.1 Å². The molecule has 0 fully saturated rings. The maximum atomic E-state index is 12.7. The Bertz CT molecular complexity index is 804. The summed E-state index contributed by atoms with van der Waals surface area (Å²) in [5.74, 6) is 0. The lowest BCUT2D eigenvalue weighted by Crippen LogP contribution is -2.34. The van der Waals surface area contributed by atoms with Crippen molar-refractivity contribution >= 4 is 6.03 Å². The number of benzene rings is 2. The zero-order valence-corrected chi connectivity index (χ0v) is 15.0. The lowest BCUT2D eigenvalue weighted by atomic mass is 10.1. The van der Waals surface area contributed by atoms with Crippen molar-refractivity contribution in [2.75, 3.05) is 6.61 Å². The van der Waals surface area contributed by atoms with E-state index in [1.807, 2.05) is 0 Å². The van der Waals surface area contributed by atoms with Crippen LogP contribution in [0.3, 0.4) is 0 Å². The van der Waals surface area contributed by atoms with Gasteiger partial charge in [0.15, 0.2) is 0 Å². The number of hydrogen-bond acceptors (Lipinski definition) is 2. The van der Waals surface area contributed by atoms with Crippen molar-refractivity contribution in [2.24, 2.45) is 0 Å². The highest BCUT2D eigenvalue weighted by Gasteiger charge is 2.30. The number of alkyl halides is 6. The summed E-state index contributed by atoms with van der Waals surface area (Å²) >= 11 is 0. The smallest absolute Gasteiger partial charge is 0.367 e. The number of nitrogens with one attached hydrogen (secondary N) is 2. The molecule has 0 radical (unpaired) electrons. The van der Waals surface area contributed by atoms with Crippen molar-refractivity contribution in [1.29, 1.82) is 0 Å². The van der Waals surface area contributed by atoms with Gasteiger partial charge in [0.05, 0.1) is 12.2 Å². The molecule has 0 aliphatic carbocycles. The van der Waals surface area contributed by atoms with Crippen molar-refractivity contribution in [1.82, 2.24) is 10.6 Å². The molecule has 0 unspecified atom stereocenters. The molecule has 29 heavy (non-hydrogen) atoms. The van der Waals surface area contributed by atoms with Crippen LogP contribution in [0, 0.1) is 0 Å². The second-order valence-electron chi connectivity index (χ2n) is 6.16. The normalized spacial score (nSPS) is 11.9. The summed E-state index contributed by atoms with van der Waals surface area (Å²) in [6, 6.07) is 10.5. The minimum Gasteiger partial charge on any atom is -0.367 e. The summed E-state index contributed by atoms with van der Waals surface area (Å²) in [5, 5.41) is 5.00. The van der Waals surface area contributed by atoms with Crippen LogP contribution in [0.15, 0.2) is 48.5 Å². The number of carbonyl (C=O) groups is 1. The van der Waals surface area contributed by atoms with Crippen molar-refractivity contribution in [3.05, 3.63) is 70.8 Å². The molecule has 0 aliphatic heterocycles. The van der Waals surface area contributed by atoms with Gasteiger partial charge in [0.2, 0.25) is 0 Å². The first kappa shape index (κ1) is 22.5. The number of carbonyl (C=O) groups excluding carboxylic acids is 1. The van der Waals surface area contributed by atoms with Crippen LogP contribution in [0.1, 0.15) is 22.3 Å². The summed E-state index contributed by atoms with van der Waals surface area (Å²) in [4.78, 5) is 11.8. The highest BCUT2D eigenvalue weighted by Crippen LogP contribution is 2.29. The van der Waals surface area contributed by atoms with Gasteiger partial charge in [-0.1, -0.05) is 36.4 Å². The van der Waals surface area contributed by atoms with E-state index < -0.39 is 30.6 Å². The topological polar surface area (TPSA) is 50.4 Å². The Kier molecular flexibility index (Phi) is 7.49. The Labute approximate surface area is 162 Å². The Morgan fingerprint density at radius 1 is 0.828 bits per heavy atom. The van der Waals surface area contributed by atoms with E-state index >= 15 is 0 Å². The van der Waals surface area contributed by atoms with Crippen LogP contribution < -0.4 is 10.6 Å². The molecular formula is C19H18F6N2O2. The van der Waals surface area contributed by atoms with Crippen LogP contribution >= 0.6 is 0 Å². The third kappa shape index (κ3) is 8.43. The third-order valence-electron chi connectivity index (χ3n) is 3.72. The lowest BCUT2D eigenvalue weighted by Gasteiger charge is -2.11. The summed E-state index contributed by atoms with van der Waals surface area (Å²) in [5.41, 5.74) is 0.750. The van der Waals surface area contributed by atoms with Gasteiger partial charge in [0, 0.05) is 13.1 Å². The monoisotopic (exact) mass is 420 g/mol. The number of amides is 2. The van der Waals surface area contributed by atoms with Gasteiger partial charge < -0.3 is 15.4 Å². The average Bonchev–Trinajstić information content (AvgIpc) is 2.64. The third-order valence-corrected chi connectivity index (χ3v) is 3.72. The van der Waals surface area contributed by atoms with E-state index in [1.165, 1.54) is 12.1 Å². The molecule has 2 aromatic rings. The van der Waals surface area contributed by atoms with Crippen molar-refractivity contribution < 1.29 is 35.9 Å². The Balaban J connectivity index is 1.75. The fraction of sp³-hybridized carbons (Fsp3) is 0.316. The van der Waals surface area contributed by atoms with Crippen LogP contribution in [0.2, 0.25) is 0 Å². The van der Waals surface area contributed by atoms with Gasteiger partial charge in [0.1, 0.15) is 6.61 Å². The zero-order chi connectivity index (χ0) is 21.5. The number of rotatable bonds is 7. The zero-order valence-electron chi connectivity index (χ0n) is 15.0. The second kappa shape index (κ2) is 9.64. The van der Waals surface area contributed by atoms with Gasteiger partial charge in [-0.05, 0) is 28.8 Å². The van der Waals surface area contributed by atoms with Gasteiger partial charge in [-0.25, -0.2) is 4.79 Å². The van der Waals surface area contributed by atoms with Crippen molar-refractivity contribution in [2.45, 2.75) is 32.0 Å². The summed E-state index contributed by atoms with van der Waals surface area (Å²) in [7, 11) is 0. The predicted octanol–water partition coefficient (Wildman–Crippen LogP) is 4.78. The largest absolute Gasteiger partial charge is 0.416 e. The molecule has 0 aliphatic rings. The first-order valence-electron chi connectivity index (χ1n) is 8.43. The van der Waals surface area contributed by atoms with Gasteiger partial charge in [0.25, 0.3) is 0 Å². The molecular weight excluding hydrogens is 402 g/mol. The molecule has 158 valence electrons. The molecule has 0 saturated carbocycles. The quantitative estimate of drug-likeness (QED) is 0.634. The number of urea groups is 1. The van der Waals surface area contributed by atoms with Crippen LogP contribution in [0.5, 0.6) is 0 Å².